The topological polar surface area (TPSA) is 88.3 Å². The summed E-state index contributed by atoms with van der Waals surface area (Å²) < 4.78 is 18.7. The standard InChI is InChI=1S/C19H21FN2O4/c1-9-6-7-14(8-15(9)20)22-18(24)13(5)26-19(25)17-10(2)16(12(4)23)11(3)21-17/h6-8,13,21H,1-5H3,(H,22,24). The number of rotatable bonds is 5. The highest BCUT2D eigenvalue weighted by atomic mass is 19.1. The third kappa shape index (κ3) is 3.99. The zero-order valence-corrected chi connectivity index (χ0v) is 15.3. The van der Waals surface area contributed by atoms with Crippen LogP contribution in [0.4, 0.5) is 10.1 Å². The van der Waals surface area contributed by atoms with Gasteiger partial charge in [-0.05, 0) is 57.9 Å². The first-order valence-corrected chi connectivity index (χ1v) is 8.10. The number of ketones is 1. The molecule has 2 aromatic rings. The number of Topliss-reactive ketones (excluding diaryl/α,β-unsaturated/α-hetero) is 1. The maximum Gasteiger partial charge on any atom is 0.355 e. The zero-order valence-electron chi connectivity index (χ0n) is 15.3. The molecule has 0 radical (unpaired) electrons. The number of anilines is 1. The molecule has 26 heavy (non-hydrogen) atoms. The number of aromatic amines is 1. The van der Waals surface area contributed by atoms with Gasteiger partial charge in [0.05, 0.1) is 0 Å². The minimum atomic E-state index is -1.10. The Balaban J connectivity index is 2.09. The van der Waals surface area contributed by atoms with Gasteiger partial charge in [-0.2, -0.15) is 0 Å². The average Bonchev–Trinajstić information content (AvgIpc) is 2.85. The van der Waals surface area contributed by atoms with Gasteiger partial charge in [0, 0.05) is 16.9 Å². The minimum absolute atomic E-state index is 0.133. The second kappa shape index (κ2) is 7.51. The number of ether oxygens (including phenoxy) is 1. The van der Waals surface area contributed by atoms with Gasteiger partial charge >= 0.3 is 5.97 Å². The molecule has 0 saturated heterocycles. The molecule has 1 aromatic heterocycles. The lowest BCUT2D eigenvalue weighted by Gasteiger charge is -2.14. The molecule has 2 N–H and O–H groups in total. The fraction of sp³-hybridized carbons (Fsp3) is 0.316. The summed E-state index contributed by atoms with van der Waals surface area (Å²) in [6.45, 7) is 7.75. The van der Waals surface area contributed by atoms with Gasteiger partial charge in [0.1, 0.15) is 11.5 Å². The molecule has 0 fully saturated rings. The van der Waals surface area contributed by atoms with Crippen molar-refractivity contribution in [2.45, 2.75) is 40.7 Å². The summed E-state index contributed by atoms with van der Waals surface area (Å²) in [5, 5.41) is 2.50. The van der Waals surface area contributed by atoms with Crippen molar-refractivity contribution >= 4 is 23.3 Å². The van der Waals surface area contributed by atoms with Crippen molar-refractivity contribution in [1.29, 1.82) is 0 Å². The smallest absolute Gasteiger partial charge is 0.355 e. The van der Waals surface area contributed by atoms with E-state index in [1.165, 1.54) is 26.0 Å². The molecule has 6 nitrogen and oxygen atoms in total. The lowest BCUT2D eigenvalue weighted by atomic mass is 10.1. The van der Waals surface area contributed by atoms with E-state index in [4.69, 9.17) is 4.74 Å². The summed E-state index contributed by atoms with van der Waals surface area (Å²) in [5.41, 5.74) is 2.34. The van der Waals surface area contributed by atoms with E-state index >= 15 is 0 Å². The van der Waals surface area contributed by atoms with Crippen LogP contribution in [-0.4, -0.2) is 28.7 Å². The van der Waals surface area contributed by atoms with Gasteiger partial charge in [-0.1, -0.05) is 6.07 Å². The lowest BCUT2D eigenvalue weighted by Crippen LogP contribution is -2.30. The number of esters is 1. The van der Waals surface area contributed by atoms with E-state index in [1.807, 2.05) is 0 Å². The molecule has 7 heteroatoms. The Morgan fingerprint density at radius 1 is 1.19 bits per heavy atom. The van der Waals surface area contributed by atoms with Gasteiger partial charge in [-0.15, -0.1) is 0 Å². The van der Waals surface area contributed by atoms with Crippen LogP contribution in [0, 0.1) is 26.6 Å². The van der Waals surface area contributed by atoms with Crippen LogP contribution >= 0.6 is 0 Å². The van der Waals surface area contributed by atoms with Crippen molar-refractivity contribution in [2.24, 2.45) is 0 Å². The van der Waals surface area contributed by atoms with Crippen molar-refractivity contribution in [2.75, 3.05) is 5.32 Å². The van der Waals surface area contributed by atoms with Gasteiger partial charge < -0.3 is 15.0 Å². The molecule has 0 spiro atoms. The molecule has 1 aromatic carbocycles. The Hall–Kier alpha value is -2.96. The first-order valence-electron chi connectivity index (χ1n) is 8.10. The number of halogens is 1. The van der Waals surface area contributed by atoms with E-state index in [0.29, 0.717) is 22.4 Å². The number of hydrogen-bond acceptors (Lipinski definition) is 4. The molecule has 0 bridgehead atoms. The molecule has 1 amide bonds. The summed E-state index contributed by atoms with van der Waals surface area (Å²) in [6.07, 6.45) is -1.10. The summed E-state index contributed by atoms with van der Waals surface area (Å²) in [4.78, 5) is 38.9. The molecule has 1 unspecified atom stereocenters. The van der Waals surface area contributed by atoms with E-state index in [0.717, 1.165) is 0 Å². The largest absolute Gasteiger partial charge is 0.448 e. The van der Waals surface area contributed by atoms with Crippen LogP contribution in [0.3, 0.4) is 0 Å². The molecule has 0 aliphatic carbocycles. The summed E-state index contributed by atoms with van der Waals surface area (Å²) in [5.74, 6) is -1.94. The van der Waals surface area contributed by atoms with Crippen molar-refractivity contribution in [1.82, 2.24) is 4.98 Å². The monoisotopic (exact) mass is 360 g/mol. The highest BCUT2D eigenvalue weighted by Gasteiger charge is 2.24. The number of carbonyl (C=O) groups excluding carboxylic acids is 3. The molecule has 0 aliphatic heterocycles. The maximum absolute atomic E-state index is 13.5. The van der Waals surface area contributed by atoms with Crippen LogP contribution in [0.2, 0.25) is 0 Å². The predicted molar refractivity (Wildman–Crippen MR) is 94.9 cm³/mol. The van der Waals surface area contributed by atoms with E-state index < -0.39 is 23.8 Å². The zero-order chi connectivity index (χ0) is 19.6. The van der Waals surface area contributed by atoms with Crippen LogP contribution in [0.25, 0.3) is 0 Å². The number of amides is 1. The van der Waals surface area contributed by atoms with Crippen molar-refractivity contribution < 1.29 is 23.5 Å². The normalized spacial score (nSPS) is 11.8. The third-order valence-corrected chi connectivity index (χ3v) is 4.09. The number of nitrogens with one attached hydrogen (secondary N) is 2. The molecule has 1 atom stereocenters. The second-order valence-corrected chi connectivity index (χ2v) is 6.18. The molecule has 0 aliphatic rings. The van der Waals surface area contributed by atoms with Crippen LogP contribution in [0.15, 0.2) is 18.2 Å². The molecule has 2 rings (SSSR count). The number of H-pyrrole nitrogens is 1. The Morgan fingerprint density at radius 2 is 1.85 bits per heavy atom. The Morgan fingerprint density at radius 3 is 2.38 bits per heavy atom. The Kier molecular flexibility index (Phi) is 5.59. The first kappa shape index (κ1) is 19.4. The molecular formula is C19H21FN2O4. The SMILES string of the molecule is CC(=O)c1c(C)[nH]c(C(=O)OC(C)C(=O)Nc2ccc(C)c(F)c2)c1C. The maximum atomic E-state index is 13.5. The number of aryl methyl sites for hydroxylation is 2. The fourth-order valence-corrected chi connectivity index (χ4v) is 2.67. The average molecular weight is 360 g/mol. The number of benzene rings is 1. The first-order chi connectivity index (χ1) is 12.1. The van der Waals surface area contributed by atoms with Gasteiger partial charge in [0.15, 0.2) is 11.9 Å². The Bertz CT molecular complexity index is 886. The van der Waals surface area contributed by atoms with Gasteiger partial charge in [0.25, 0.3) is 5.91 Å². The highest BCUT2D eigenvalue weighted by molar-refractivity contribution is 6.02. The third-order valence-electron chi connectivity index (χ3n) is 4.09. The number of aromatic nitrogens is 1. The van der Waals surface area contributed by atoms with E-state index in [2.05, 4.69) is 10.3 Å². The van der Waals surface area contributed by atoms with E-state index in [9.17, 15) is 18.8 Å². The van der Waals surface area contributed by atoms with Crippen molar-refractivity contribution in [3.8, 4) is 0 Å². The van der Waals surface area contributed by atoms with Crippen molar-refractivity contribution in [3.63, 3.8) is 0 Å². The van der Waals surface area contributed by atoms with Gasteiger partial charge in [0.2, 0.25) is 0 Å². The van der Waals surface area contributed by atoms with E-state index in [-0.39, 0.29) is 17.2 Å². The van der Waals surface area contributed by atoms with Crippen molar-refractivity contribution in [3.05, 3.63) is 52.1 Å². The molecule has 138 valence electrons. The lowest BCUT2D eigenvalue weighted by molar-refractivity contribution is -0.123. The second-order valence-electron chi connectivity index (χ2n) is 6.18. The van der Waals surface area contributed by atoms with Crippen LogP contribution in [0.1, 0.15) is 51.5 Å². The van der Waals surface area contributed by atoms with Gasteiger partial charge in [-0.3, -0.25) is 9.59 Å². The highest BCUT2D eigenvalue weighted by Crippen LogP contribution is 2.20. The number of carbonyl (C=O) groups is 3. The molecule has 0 saturated carbocycles. The minimum Gasteiger partial charge on any atom is -0.448 e. The predicted octanol–water partition coefficient (Wildman–Crippen LogP) is 3.47. The van der Waals surface area contributed by atoms with Crippen LogP contribution in [-0.2, 0) is 9.53 Å². The van der Waals surface area contributed by atoms with E-state index in [1.54, 1.807) is 26.8 Å². The van der Waals surface area contributed by atoms with Crippen LogP contribution < -0.4 is 5.32 Å². The number of hydrogen-bond donors (Lipinski definition) is 2. The van der Waals surface area contributed by atoms with Gasteiger partial charge in [-0.25, -0.2) is 9.18 Å². The quantitative estimate of drug-likeness (QED) is 0.631. The van der Waals surface area contributed by atoms with Crippen LogP contribution in [0.5, 0.6) is 0 Å². The molecule has 1 heterocycles. The molecular weight excluding hydrogens is 339 g/mol. The summed E-state index contributed by atoms with van der Waals surface area (Å²) in [7, 11) is 0. The summed E-state index contributed by atoms with van der Waals surface area (Å²) >= 11 is 0. The summed E-state index contributed by atoms with van der Waals surface area (Å²) in [6, 6.07) is 4.29. The fourth-order valence-electron chi connectivity index (χ4n) is 2.67. The Labute approximate surface area is 150 Å².